The van der Waals surface area contributed by atoms with E-state index >= 15 is 0 Å². The van der Waals surface area contributed by atoms with Gasteiger partial charge >= 0.3 is 0 Å². The topological polar surface area (TPSA) is 37.3 Å². The number of amides is 1. The molecule has 2 aliphatic rings. The minimum atomic E-state index is 0.189. The highest BCUT2D eigenvalue weighted by atomic mass is 16.2. The Morgan fingerprint density at radius 1 is 1.39 bits per heavy atom. The smallest absolute Gasteiger partial charge is 0.270 e. The van der Waals surface area contributed by atoms with E-state index in [4.69, 9.17) is 0 Å². The molecule has 0 saturated carbocycles. The number of aromatic nitrogens is 1. The Bertz CT molecular complexity index is 471. The van der Waals surface area contributed by atoms with Gasteiger partial charge in [0.2, 0.25) is 0 Å². The molecule has 0 radical (unpaired) electrons. The summed E-state index contributed by atoms with van der Waals surface area (Å²) >= 11 is 0. The fourth-order valence-corrected chi connectivity index (χ4v) is 3.24. The van der Waals surface area contributed by atoms with Crippen LogP contribution >= 0.6 is 0 Å². The zero-order valence-electron chi connectivity index (χ0n) is 11.2. The molecule has 0 bridgehead atoms. The van der Waals surface area contributed by atoms with Gasteiger partial charge in [0.25, 0.3) is 5.91 Å². The number of hydrogen-bond donors (Lipinski definition) is 1. The zero-order valence-corrected chi connectivity index (χ0v) is 11.2. The molecule has 1 atom stereocenters. The number of aryl methyl sites for hydroxylation is 1. The van der Waals surface area contributed by atoms with Crippen LogP contribution in [0, 0.1) is 12.3 Å². The first-order valence-electron chi connectivity index (χ1n) is 6.74. The Balaban J connectivity index is 1.76. The summed E-state index contributed by atoms with van der Waals surface area (Å²) in [7, 11) is 1.96. The van der Waals surface area contributed by atoms with Gasteiger partial charge in [-0.2, -0.15) is 0 Å². The third-order valence-corrected chi connectivity index (χ3v) is 4.65. The third-order valence-electron chi connectivity index (χ3n) is 4.65. The molecule has 18 heavy (non-hydrogen) atoms. The molecule has 0 aliphatic carbocycles. The standard InChI is InChI=1S/C14H21N3O/c1-11-3-4-12(16(11)2)13(18)17-8-6-14(10-17)5-7-15-9-14/h3-4,15H,5-10H2,1-2H3. The highest BCUT2D eigenvalue weighted by Crippen LogP contribution is 2.36. The van der Waals surface area contributed by atoms with E-state index in [1.807, 2.05) is 35.6 Å². The van der Waals surface area contributed by atoms with Crippen molar-refractivity contribution in [2.45, 2.75) is 19.8 Å². The Hall–Kier alpha value is -1.29. The van der Waals surface area contributed by atoms with E-state index in [-0.39, 0.29) is 5.91 Å². The Kier molecular flexibility index (Phi) is 2.70. The first kappa shape index (κ1) is 11.8. The largest absolute Gasteiger partial charge is 0.344 e. The van der Waals surface area contributed by atoms with Crippen LogP contribution in [0.1, 0.15) is 29.0 Å². The maximum absolute atomic E-state index is 12.5. The molecule has 1 spiro atoms. The predicted octanol–water partition coefficient (Wildman–Crippen LogP) is 1.16. The first-order valence-corrected chi connectivity index (χ1v) is 6.74. The molecule has 3 rings (SSSR count). The molecule has 1 aromatic rings. The lowest BCUT2D eigenvalue weighted by molar-refractivity contribution is 0.0766. The van der Waals surface area contributed by atoms with Gasteiger partial charge in [-0.05, 0) is 38.4 Å². The number of nitrogens with zero attached hydrogens (tertiary/aromatic N) is 2. The molecule has 1 aromatic heterocycles. The molecule has 4 heteroatoms. The van der Waals surface area contributed by atoms with Gasteiger partial charge in [0.1, 0.15) is 5.69 Å². The monoisotopic (exact) mass is 247 g/mol. The number of rotatable bonds is 1. The van der Waals surface area contributed by atoms with Crippen LogP contribution in [0.3, 0.4) is 0 Å². The van der Waals surface area contributed by atoms with E-state index in [0.29, 0.717) is 5.41 Å². The molecular weight excluding hydrogens is 226 g/mol. The highest BCUT2D eigenvalue weighted by molar-refractivity contribution is 5.93. The zero-order chi connectivity index (χ0) is 12.8. The summed E-state index contributed by atoms with van der Waals surface area (Å²) in [6.45, 7) is 6.03. The van der Waals surface area contributed by atoms with Crippen molar-refractivity contribution in [2.75, 3.05) is 26.2 Å². The van der Waals surface area contributed by atoms with Crippen molar-refractivity contribution in [1.29, 1.82) is 0 Å². The molecule has 4 nitrogen and oxygen atoms in total. The maximum atomic E-state index is 12.5. The number of hydrogen-bond acceptors (Lipinski definition) is 2. The van der Waals surface area contributed by atoms with E-state index < -0.39 is 0 Å². The van der Waals surface area contributed by atoms with Crippen molar-refractivity contribution in [3.05, 3.63) is 23.5 Å². The normalized spacial score (nSPS) is 27.3. The lowest BCUT2D eigenvalue weighted by atomic mass is 9.87. The second-order valence-electron chi connectivity index (χ2n) is 5.82. The summed E-state index contributed by atoms with van der Waals surface area (Å²) in [6, 6.07) is 3.95. The lowest BCUT2D eigenvalue weighted by Gasteiger charge is -2.23. The van der Waals surface area contributed by atoms with Gasteiger partial charge in [-0.15, -0.1) is 0 Å². The molecule has 1 unspecified atom stereocenters. The van der Waals surface area contributed by atoms with Crippen molar-refractivity contribution in [2.24, 2.45) is 12.5 Å². The maximum Gasteiger partial charge on any atom is 0.270 e. The fourth-order valence-electron chi connectivity index (χ4n) is 3.24. The highest BCUT2D eigenvalue weighted by Gasteiger charge is 2.42. The molecule has 1 amide bonds. The number of carbonyl (C=O) groups is 1. The van der Waals surface area contributed by atoms with Crippen LogP contribution in [0.15, 0.2) is 12.1 Å². The van der Waals surface area contributed by atoms with Crippen molar-refractivity contribution in [3.63, 3.8) is 0 Å². The van der Waals surface area contributed by atoms with Gasteiger partial charge in [-0.25, -0.2) is 0 Å². The third kappa shape index (κ3) is 1.75. The van der Waals surface area contributed by atoms with Gasteiger partial charge in [-0.3, -0.25) is 4.79 Å². The Morgan fingerprint density at radius 3 is 2.83 bits per heavy atom. The van der Waals surface area contributed by atoms with Crippen LogP contribution in [0.5, 0.6) is 0 Å². The second kappa shape index (κ2) is 4.12. The van der Waals surface area contributed by atoms with Gasteiger partial charge in [0.05, 0.1) is 0 Å². The average Bonchev–Trinajstić information content (AvgIpc) is 3.05. The summed E-state index contributed by atoms with van der Waals surface area (Å²) in [4.78, 5) is 14.5. The van der Waals surface area contributed by atoms with Crippen molar-refractivity contribution in [3.8, 4) is 0 Å². The van der Waals surface area contributed by atoms with Crippen molar-refractivity contribution >= 4 is 5.91 Å². The van der Waals surface area contributed by atoms with Crippen LogP contribution < -0.4 is 5.32 Å². The van der Waals surface area contributed by atoms with E-state index in [2.05, 4.69) is 5.32 Å². The summed E-state index contributed by atoms with van der Waals surface area (Å²) < 4.78 is 1.99. The fraction of sp³-hybridized carbons (Fsp3) is 0.643. The van der Waals surface area contributed by atoms with Crippen LogP contribution in [0.25, 0.3) is 0 Å². The van der Waals surface area contributed by atoms with Gasteiger partial charge < -0.3 is 14.8 Å². The molecule has 3 heterocycles. The van der Waals surface area contributed by atoms with Crippen molar-refractivity contribution in [1.82, 2.24) is 14.8 Å². The van der Waals surface area contributed by atoms with E-state index in [0.717, 1.165) is 44.0 Å². The quantitative estimate of drug-likeness (QED) is 0.808. The summed E-state index contributed by atoms with van der Waals surface area (Å²) in [5.74, 6) is 0.189. The van der Waals surface area contributed by atoms with Gasteiger partial charge in [-0.1, -0.05) is 0 Å². The molecule has 0 aromatic carbocycles. The van der Waals surface area contributed by atoms with Crippen molar-refractivity contribution < 1.29 is 4.79 Å². The predicted molar refractivity (Wildman–Crippen MR) is 70.6 cm³/mol. The SMILES string of the molecule is Cc1ccc(C(=O)N2CCC3(CCNC3)C2)n1C. The summed E-state index contributed by atoms with van der Waals surface area (Å²) in [6.07, 6.45) is 2.36. The Morgan fingerprint density at radius 2 is 2.22 bits per heavy atom. The second-order valence-corrected chi connectivity index (χ2v) is 5.82. The van der Waals surface area contributed by atoms with Crippen LogP contribution in [-0.2, 0) is 7.05 Å². The number of nitrogens with one attached hydrogen (secondary N) is 1. The first-order chi connectivity index (χ1) is 8.61. The van der Waals surface area contributed by atoms with Crippen LogP contribution in [0.2, 0.25) is 0 Å². The van der Waals surface area contributed by atoms with Gasteiger partial charge in [0, 0.05) is 37.8 Å². The van der Waals surface area contributed by atoms with Crippen LogP contribution in [0.4, 0.5) is 0 Å². The molecule has 1 N–H and O–H groups in total. The minimum absolute atomic E-state index is 0.189. The van der Waals surface area contributed by atoms with Crippen LogP contribution in [-0.4, -0.2) is 41.6 Å². The van der Waals surface area contributed by atoms with E-state index in [1.165, 1.54) is 6.42 Å². The molecule has 98 valence electrons. The minimum Gasteiger partial charge on any atom is -0.344 e. The van der Waals surface area contributed by atoms with Gasteiger partial charge in [0.15, 0.2) is 0 Å². The molecule has 2 saturated heterocycles. The molecule has 2 aliphatic heterocycles. The molecule has 2 fully saturated rings. The van der Waals surface area contributed by atoms with E-state index in [1.54, 1.807) is 0 Å². The summed E-state index contributed by atoms with van der Waals surface area (Å²) in [5.41, 5.74) is 2.31. The Labute approximate surface area is 108 Å². The average molecular weight is 247 g/mol. The van der Waals surface area contributed by atoms with E-state index in [9.17, 15) is 4.79 Å². The molecular formula is C14H21N3O. The number of likely N-dealkylation sites (tertiary alicyclic amines) is 1. The number of carbonyl (C=O) groups excluding carboxylic acids is 1. The summed E-state index contributed by atoms with van der Waals surface area (Å²) in [5, 5.41) is 3.43. The lowest BCUT2D eigenvalue weighted by Crippen LogP contribution is -2.34.